The topological polar surface area (TPSA) is 87.9 Å². The Morgan fingerprint density at radius 1 is 1.23 bits per heavy atom. The quantitative estimate of drug-likeness (QED) is 0.250. The van der Waals surface area contributed by atoms with Crippen LogP contribution in [0.5, 0.6) is 11.5 Å². The number of rotatable bonds is 6. The molecule has 1 heterocycles. The van der Waals surface area contributed by atoms with Gasteiger partial charge in [0.25, 0.3) is 5.69 Å². The van der Waals surface area contributed by atoms with Gasteiger partial charge in [-0.05, 0) is 12.1 Å². The van der Waals surface area contributed by atoms with E-state index < -0.39 is 16.6 Å². The first kappa shape index (κ1) is 18.0. The number of nitro groups is 1. The average molecular weight is 379 g/mol. The minimum absolute atomic E-state index is 0.0244. The van der Waals surface area contributed by atoms with E-state index in [2.05, 4.69) is 0 Å². The van der Waals surface area contributed by atoms with Crippen molar-refractivity contribution in [3.05, 3.63) is 57.9 Å². The van der Waals surface area contributed by atoms with E-state index in [1.54, 1.807) is 18.2 Å². The van der Waals surface area contributed by atoms with Crippen molar-refractivity contribution >= 4 is 23.4 Å². The zero-order chi connectivity index (χ0) is 18.5. The maximum atomic E-state index is 13.5. The zero-order valence-electron chi connectivity index (χ0n) is 13.5. The van der Waals surface area contributed by atoms with Crippen LogP contribution >= 0.6 is 11.8 Å². The molecule has 3 rings (SSSR count). The molecule has 136 valence electrons. The van der Waals surface area contributed by atoms with Crippen LogP contribution < -0.4 is 9.47 Å². The Morgan fingerprint density at radius 2 is 1.92 bits per heavy atom. The minimum Gasteiger partial charge on any atom is -0.486 e. The lowest BCUT2D eigenvalue weighted by atomic mass is 10.1. The highest BCUT2D eigenvalue weighted by Crippen LogP contribution is 2.36. The van der Waals surface area contributed by atoms with Gasteiger partial charge in [-0.15, -0.1) is 11.8 Å². The van der Waals surface area contributed by atoms with Crippen LogP contribution in [0.4, 0.5) is 10.1 Å². The molecule has 2 aromatic carbocycles. The molecule has 0 N–H and O–H groups in total. The van der Waals surface area contributed by atoms with Crippen molar-refractivity contribution < 1.29 is 28.3 Å². The van der Waals surface area contributed by atoms with Crippen molar-refractivity contribution in [2.45, 2.75) is 4.90 Å². The van der Waals surface area contributed by atoms with E-state index >= 15 is 0 Å². The summed E-state index contributed by atoms with van der Waals surface area (Å²) in [6, 6.07) is 8.65. The van der Waals surface area contributed by atoms with Crippen molar-refractivity contribution in [1.82, 2.24) is 0 Å². The van der Waals surface area contributed by atoms with E-state index in [4.69, 9.17) is 14.2 Å². The first-order chi connectivity index (χ1) is 12.6. The van der Waals surface area contributed by atoms with Crippen LogP contribution in [-0.4, -0.2) is 36.5 Å². The van der Waals surface area contributed by atoms with Crippen molar-refractivity contribution in [2.75, 3.05) is 25.6 Å². The standard InChI is InChI=1S/C17H14FNO6S/c18-12-3-1-2-4-16(12)26-8-7-25-17(20)11-9-14-15(24-6-5-23-14)10-13(11)19(21)22/h1-4,9-10H,5-8H2. The Balaban J connectivity index is 1.65. The fourth-order valence-corrected chi connectivity index (χ4v) is 3.09. The summed E-state index contributed by atoms with van der Waals surface area (Å²) in [5.41, 5.74) is -0.629. The highest BCUT2D eigenvalue weighted by atomic mass is 32.2. The van der Waals surface area contributed by atoms with Crippen LogP contribution in [0.2, 0.25) is 0 Å². The summed E-state index contributed by atoms with van der Waals surface area (Å²) in [6.07, 6.45) is 0. The van der Waals surface area contributed by atoms with Crippen molar-refractivity contribution in [2.24, 2.45) is 0 Å². The van der Waals surface area contributed by atoms with E-state index in [1.807, 2.05) is 0 Å². The molecular formula is C17H14FNO6S. The monoisotopic (exact) mass is 379 g/mol. The molecular weight excluding hydrogens is 365 g/mol. The number of fused-ring (bicyclic) bond motifs is 1. The summed E-state index contributed by atoms with van der Waals surface area (Å²) in [4.78, 5) is 23.2. The zero-order valence-corrected chi connectivity index (χ0v) is 14.3. The normalized spacial score (nSPS) is 12.5. The molecule has 0 saturated carbocycles. The summed E-state index contributed by atoms with van der Waals surface area (Å²) < 4.78 is 29.2. The molecule has 1 aliphatic rings. The second-order valence-electron chi connectivity index (χ2n) is 5.18. The Morgan fingerprint density at radius 3 is 2.62 bits per heavy atom. The Kier molecular flexibility index (Phi) is 5.57. The molecule has 26 heavy (non-hydrogen) atoms. The fraction of sp³-hybridized carbons (Fsp3) is 0.235. The third-order valence-corrected chi connectivity index (χ3v) is 4.50. The predicted octanol–water partition coefficient (Wildman–Crippen LogP) is 3.45. The van der Waals surface area contributed by atoms with Crippen LogP contribution in [0, 0.1) is 15.9 Å². The largest absolute Gasteiger partial charge is 0.486 e. The molecule has 7 nitrogen and oxygen atoms in total. The summed E-state index contributed by atoms with van der Waals surface area (Å²) in [7, 11) is 0. The Hall–Kier alpha value is -2.81. The van der Waals surface area contributed by atoms with Crippen molar-refractivity contribution in [3.8, 4) is 11.5 Å². The van der Waals surface area contributed by atoms with Gasteiger partial charge < -0.3 is 14.2 Å². The first-order valence-electron chi connectivity index (χ1n) is 7.69. The van der Waals surface area contributed by atoms with Gasteiger partial charge in [-0.1, -0.05) is 12.1 Å². The number of hydrogen-bond donors (Lipinski definition) is 0. The summed E-state index contributed by atoms with van der Waals surface area (Å²) in [6.45, 7) is 0.545. The number of ether oxygens (including phenoxy) is 3. The number of hydrogen-bond acceptors (Lipinski definition) is 7. The molecule has 0 unspecified atom stereocenters. The van der Waals surface area contributed by atoms with Gasteiger partial charge in [0.05, 0.1) is 11.0 Å². The van der Waals surface area contributed by atoms with Gasteiger partial charge >= 0.3 is 5.97 Å². The molecule has 0 aliphatic carbocycles. The molecule has 0 radical (unpaired) electrons. The summed E-state index contributed by atoms with van der Waals surface area (Å²) >= 11 is 1.19. The molecule has 0 aromatic heterocycles. The second kappa shape index (κ2) is 8.05. The number of nitrogens with zero attached hydrogens (tertiary/aromatic N) is 1. The highest BCUT2D eigenvalue weighted by Gasteiger charge is 2.27. The lowest BCUT2D eigenvalue weighted by Gasteiger charge is -2.18. The van der Waals surface area contributed by atoms with Gasteiger partial charge in [-0.25, -0.2) is 9.18 Å². The van der Waals surface area contributed by atoms with Crippen LogP contribution in [0.3, 0.4) is 0 Å². The third-order valence-electron chi connectivity index (χ3n) is 3.49. The molecule has 0 amide bonds. The van der Waals surface area contributed by atoms with E-state index in [0.717, 1.165) is 6.07 Å². The van der Waals surface area contributed by atoms with Gasteiger partial charge in [0, 0.05) is 16.7 Å². The van der Waals surface area contributed by atoms with Gasteiger partial charge in [-0.2, -0.15) is 0 Å². The lowest BCUT2D eigenvalue weighted by Crippen LogP contribution is -2.17. The maximum Gasteiger partial charge on any atom is 0.345 e. The van der Waals surface area contributed by atoms with Crippen LogP contribution in [0.1, 0.15) is 10.4 Å². The SMILES string of the molecule is O=C(OCCSc1ccccc1F)c1cc2c(cc1[N+](=O)[O-])OCCO2. The predicted molar refractivity (Wildman–Crippen MR) is 91.5 cm³/mol. The van der Waals surface area contributed by atoms with Crippen LogP contribution in [0.15, 0.2) is 41.3 Å². The van der Waals surface area contributed by atoms with Crippen molar-refractivity contribution in [1.29, 1.82) is 0 Å². The lowest BCUT2D eigenvalue weighted by molar-refractivity contribution is -0.385. The third kappa shape index (κ3) is 4.05. The van der Waals surface area contributed by atoms with Gasteiger partial charge in [0.2, 0.25) is 0 Å². The summed E-state index contributed by atoms with van der Waals surface area (Å²) in [5.74, 6) is -0.413. The van der Waals surface area contributed by atoms with E-state index in [0.29, 0.717) is 17.3 Å². The average Bonchev–Trinajstić information content (AvgIpc) is 2.65. The van der Waals surface area contributed by atoms with E-state index in [1.165, 1.54) is 23.9 Å². The molecule has 9 heteroatoms. The molecule has 2 aromatic rings. The highest BCUT2D eigenvalue weighted by molar-refractivity contribution is 7.99. The smallest absolute Gasteiger partial charge is 0.345 e. The minimum atomic E-state index is -0.845. The van der Waals surface area contributed by atoms with Gasteiger partial charge in [-0.3, -0.25) is 10.1 Å². The number of nitro benzene ring substituents is 1. The fourth-order valence-electron chi connectivity index (χ4n) is 2.32. The Labute approximate surface area is 152 Å². The number of thioether (sulfide) groups is 1. The number of benzene rings is 2. The first-order valence-corrected chi connectivity index (χ1v) is 8.67. The van der Waals surface area contributed by atoms with Crippen LogP contribution in [0.25, 0.3) is 0 Å². The van der Waals surface area contributed by atoms with E-state index in [9.17, 15) is 19.3 Å². The molecule has 1 aliphatic heterocycles. The van der Waals surface area contributed by atoms with E-state index in [-0.39, 0.29) is 36.1 Å². The van der Waals surface area contributed by atoms with Gasteiger partial charge in [0.1, 0.15) is 31.2 Å². The second-order valence-corrected chi connectivity index (χ2v) is 6.32. The Bertz CT molecular complexity index is 844. The number of esters is 1. The van der Waals surface area contributed by atoms with Gasteiger partial charge in [0.15, 0.2) is 11.5 Å². The molecule has 0 spiro atoms. The number of halogens is 1. The number of carbonyl (C=O) groups excluding carboxylic acids is 1. The van der Waals surface area contributed by atoms with Crippen LogP contribution in [-0.2, 0) is 4.74 Å². The van der Waals surface area contributed by atoms with Crippen molar-refractivity contribution in [3.63, 3.8) is 0 Å². The molecule has 0 atom stereocenters. The number of carbonyl (C=O) groups is 1. The summed E-state index contributed by atoms with van der Waals surface area (Å²) in [5, 5.41) is 11.2. The molecule has 0 bridgehead atoms. The molecule has 0 fully saturated rings. The molecule has 0 saturated heterocycles. The maximum absolute atomic E-state index is 13.5.